The third-order valence-corrected chi connectivity index (χ3v) is 15.0. The number of nitrogens with one attached hydrogen (secondary N) is 1. The number of fused-ring (bicyclic) bond motifs is 8. The minimum atomic E-state index is -0.445. The molecule has 1 heterocycles. The van der Waals surface area contributed by atoms with Crippen LogP contribution in [0, 0.1) is 44.8 Å². The van der Waals surface area contributed by atoms with E-state index in [-0.39, 0.29) is 51.4 Å². The second-order valence-electron chi connectivity index (χ2n) is 16.4. The van der Waals surface area contributed by atoms with Crippen LogP contribution in [0.3, 0.4) is 0 Å². The number of esters is 1. The first kappa shape index (κ1) is 29.2. The lowest BCUT2D eigenvalue weighted by atomic mass is 9.34. The van der Waals surface area contributed by atoms with E-state index in [1.165, 1.54) is 30.5 Å². The van der Waals surface area contributed by atoms with Gasteiger partial charge in [0.25, 0.3) is 0 Å². The van der Waals surface area contributed by atoms with E-state index in [9.17, 15) is 9.59 Å². The molecule has 1 unspecified atom stereocenters. The molecule has 1 aromatic rings. The van der Waals surface area contributed by atoms with Crippen LogP contribution in [0.2, 0.25) is 0 Å². The van der Waals surface area contributed by atoms with Gasteiger partial charge in [-0.1, -0.05) is 60.1 Å². The maximum atomic E-state index is 14.0. The average Bonchev–Trinajstić information content (AvgIpc) is 3.27. The van der Waals surface area contributed by atoms with Gasteiger partial charge in [-0.15, -0.1) is 11.3 Å². The number of allylic oxidation sites excluding steroid dienone is 2. The van der Waals surface area contributed by atoms with Crippen LogP contribution in [-0.2, 0) is 26.2 Å². The Balaban J connectivity index is 1.41. The molecule has 3 saturated carbocycles. The number of amides is 1. The number of aromatic nitrogens is 1. The van der Waals surface area contributed by atoms with Crippen molar-refractivity contribution < 1.29 is 14.3 Å². The molecule has 6 rings (SSSR count). The molecule has 1 aromatic heterocycles. The number of anilines is 1. The van der Waals surface area contributed by atoms with Crippen molar-refractivity contribution in [2.75, 3.05) is 19.4 Å². The number of nitrogen functional groups attached to an aromatic ring is 1. The van der Waals surface area contributed by atoms with Gasteiger partial charge in [0.1, 0.15) is 6.54 Å². The lowest BCUT2D eigenvalue weighted by Crippen LogP contribution is -2.65. The minimum Gasteiger partial charge on any atom is -0.468 e. The summed E-state index contributed by atoms with van der Waals surface area (Å²) in [5.74, 6) is 1.02. The number of thiazole rings is 1. The molecule has 7 atom stereocenters. The second kappa shape index (κ2) is 9.06. The number of rotatable bonds is 3. The molecule has 226 valence electrons. The molecule has 1 amide bonds. The summed E-state index contributed by atoms with van der Waals surface area (Å²) in [4.78, 5) is 32.2. The van der Waals surface area contributed by atoms with Crippen LogP contribution in [0.4, 0.5) is 5.13 Å². The smallest absolute Gasteiger partial charge is 0.325 e. The van der Waals surface area contributed by atoms with Crippen molar-refractivity contribution in [1.29, 1.82) is 0 Å². The van der Waals surface area contributed by atoms with Crippen LogP contribution in [0.1, 0.15) is 110 Å². The lowest BCUT2D eigenvalue weighted by Gasteiger charge is -2.70. The third kappa shape index (κ3) is 3.88. The SMILES string of the molecule is COC(=O)CNC(=O)[C@]12CCC(C)(C)C[C@H]1C1=CC[C@@H]3[C@@]4(C)Cc5nc(N)sc5C(C)(C)C4CC[C@@]3(C)[C@]1(C)CC2. The molecule has 41 heavy (non-hydrogen) atoms. The van der Waals surface area contributed by atoms with Gasteiger partial charge in [0.05, 0.1) is 18.2 Å². The fourth-order valence-electron chi connectivity index (χ4n) is 11.4. The number of nitrogens with zero attached hydrogens (tertiary/aromatic N) is 1. The molecule has 0 aliphatic heterocycles. The maximum Gasteiger partial charge on any atom is 0.325 e. The fourth-order valence-corrected chi connectivity index (χ4v) is 12.4. The summed E-state index contributed by atoms with van der Waals surface area (Å²) < 4.78 is 4.84. The molecule has 0 saturated heterocycles. The molecule has 0 radical (unpaired) electrons. The Labute approximate surface area is 250 Å². The van der Waals surface area contributed by atoms with E-state index < -0.39 is 5.41 Å². The molecule has 5 aliphatic carbocycles. The summed E-state index contributed by atoms with van der Waals surface area (Å²) >= 11 is 1.71. The quantitative estimate of drug-likeness (QED) is 0.301. The van der Waals surface area contributed by atoms with Gasteiger partial charge in [-0.3, -0.25) is 9.59 Å². The Bertz CT molecular complexity index is 1310. The molecule has 0 bridgehead atoms. The van der Waals surface area contributed by atoms with Gasteiger partial charge in [0.15, 0.2) is 5.13 Å². The topological polar surface area (TPSA) is 94.3 Å². The molecular formula is C34H51N3O3S. The molecular weight excluding hydrogens is 530 g/mol. The van der Waals surface area contributed by atoms with Crippen LogP contribution >= 0.6 is 11.3 Å². The first-order chi connectivity index (χ1) is 19.0. The van der Waals surface area contributed by atoms with Crippen molar-refractivity contribution in [3.05, 3.63) is 22.2 Å². The van der Waals surface area contributed by atoms with Crippen molar-refractivity contribution in [2.24, 2.45) is 44.8 Å². The van der Waals surface area contributed by atoms with Gasteiger partial charge in [0, 0.05) is 10.3 Å². The van der Waals surface area contributed by atoms with Crippen LogP contribution in [0.25, 0.3) is 0 Å². The van der Waals surface area contributed by atoms with Gasteiger partial charge in [-0.05, 0) is 97.2 Å². The van der Waals surface area contributed by atoms with Crippen LogP contribution in [-0.4, -0.2) is 30.5 Å². The molecule has 6 nitrogen and oxygen atoms in total. The van der Waals surface area contributed by atoms with E-state index in [4.69, 9.17) is 15.5 Å². The number of nitrogens with two attached hydrogens (primary N) is 1. The van der Waals surface area contributed by atoms with Crippen molar-refractivity contribution in [2.45, 2.75) is 112 Å². The molecule has 7 heteroatoms. The third-order valence-electron chi connectivity index (χ3n) is 13.7. The fraction of sp³-hybridized carbons (Fsp3) is 0.794. The van der Waals surface area contributed by atoms with Crippen molar-refractivity contribution >= 4 is 28.3 Å². The first-order valence-corrected chi connectivity index (χ1v) is 16.7. The van der Waals surface area contributed by atoms with Gasteiger partial charge >= 0.3 is 5.97 Å². The highest BCUT2D eigenvalue weighted by Crippen LogP contribution is 2.75. The summed E-state index contributed by atoms with van der Waals surface area (Å²) in [7, 11) is 1.38. The molecule has 5 aliphatic rings. The zero-order valence-corrected chi connectivity index (χ0v) is 27.4. The number of ether oxygens (including phenoxy) is 1. The Kier molecular flexibility index (Phi) is 6.45. The van der Waals surface area contributed by atoms with Gasteiger partial charge in [-0.2, -0.15) is 0 Å². The van der Waals surface area contributed by atoms with E-state index in [0.717, 1.165) is 44.9 Å². The first-order valence-electron chi connectivity index (χ1n) is 15.9. The Morgan fingerprint density at radius 1 is 1.05 bits per heavy atom. The van der Waals surface area contributed by atoms with E-state index in [1.54, 1.807) is 16.9 Å². The van der Waals surface area contributed by atoms with Gasteiger partial charge < -0.3 is 15.8 Å². The number of carbonyl (C=O) groups is 2. The Morgan fingerprint density at radius 3 is 2.46 bits per heavy atom. The highest BCUT2D eigenvalue weighted by atomic mass is 32.1. The lowest BCUT2D eigenvalue weighted by molar-refractivity contribution is -0.167. The number of methoxy groups -OCH3 is 1. The molecule has 0 spiro atoms. The standard InChI is InChI=1S/C34H51N3O3S/c1-29(2)13-15-34(27(39)36-19-25(38)40-8)16-14-32(6)20(21(34)17-29)9-10-24-31(5)18-22-26(41-28(35)37-22)30(3,4)23(31)11-12-33(24,32)7/h9,21,23-24H,10-19H2,1-8H3,(H2,35,37)(H,36,39)/t21-,23?,24+,31-,32+,33+,34-/m0/s1. The number of carbonyl (C=O) groups excluding carboxylic acids is 2. The maximum absolute atomic E-state index is 14.0. The van der Waals surface area contributed by atoms with Crippen molar-refractivity contribution in [3.63, 3.8) is 0 Å². The van der Waals surface area contributed by atoms with E-state index in [1.807, 2.05) is 0 Å². The summed E-state index contributed by atoms with van der Waals surface area (Å²) in [6.07, 6.45) is 12.0. The zero-order chi connectivity index (χ0) is 29.8. The summed E-state index contributed by atoms with van der Waals surface area (Å²) in [5.41, 5.74) is 9.20. The molecule has 3 N–H and O–H groups in total. The average molecular weight is 582 g/mol. The Morgan fingerprint density at radius 2 is 1.76 bits per heavy atom. The van der Waals surface area contributed by atoms with Crippen LogP contribution in [0.15, 0.2) is 11.6 Å². The van der Waals surface area contributed by atoms with E-state index in [0.29, 0.717) is 17.0 Å². The predicted molar refractivity (Wildman–Crippen MR) is 164 cm³/mol. The summed E-state index contributed by atoms with van der Waals surface area (Å²) in [6.45, 7) is 17.3. The van der Waals surface area contributed by atoms with E-state index in [2.05, 4.69) is 59.9 Å². The predicted octanol–water partition coefficient (Wildman–Crippen LogP) is 6.83. The summed E-state index contributed by atoms with van der Waals surface area (Å²) in [5, 5.41) is 3.71. The zero-order valence-electron chi connectivity index (χ0n) is 26.5. The van der Waals surface area contributed by atoms with Crippen molar-refractivity contribution in [1.82, 2.24) is 10.3 Å². The van der Waals surface area contributed by atoms with Crippen LogP contribution in [0.5, 0.6) is 0 Å². The Hall–Kier alpha value is -1.89. The number of hydrogen-bond acceptors (Lipinski definition) is 6. The highest BCUT2D eigenvalue weighted by molar-refractivity contribution is 7.15. The van der Waals surface area contributed by atoms with Gasteiger partial charge in [0.2, 0.25) is 5.91 Å². The molecule has 3 fully saturated rings. The normalized spacial score (nSPS) is 41.9. The molecule has 0 aromatic carbocycles. The number of hydrogen-bond donors (Lipinski definition) is 2. The van der Waals surface area contributed by atoms with E-state index >= 15 is 0 Å². The van der Waals surface area contributed by atoms with Crippen molar-refractivity contribution in [3.8, 4) is 0 Å². The highest BCUT2D eigenvalue weighted by Gasteiger charge is 2.69. The summed E-state index contributed by atoms with van der Waals surface area (Å²) in [6, 6.07) is 0. The van der Waals surface area contributed by atoms with Crippen LogP contribution < -0.4 is 11.1 Å². The van der Waals surface area contributed by atoms with Gasteiger partial charge in [-0.25, -0.2) is 4.98 Å². The minimum absolute atomic E-state index is 0.0413. The largest absolute Gasteiger partial charge is 0.468 e. The monoisotopic (exact) mass is 581 g/mol. The second-order valence-corrected chi connectivity index (χ2v) is 17.4.